The summed E-state index contributed by atoms with van der Waals surface area (Å²) in [6, 6.07) is 10.1. The Morgan fingerprint density at radius 1 is 0.882 bits per heavy atom. The van der Waals surface area contributed by atoms with Crippen molar-refractivity contribution >= 4 is 17.7 Å². The number of carbonyl (C=O) groups is 1. The van der Waals surface area contributed by atoms with Crippen molar-refractivity contribution in [2.45, 2.75) is 130 Å². The molecule has 1 heterocycles. The summed E-state index contributed by atoms with van der Waals surface area (Å²) in [6.45, 7) is 16.3. The second-order valence-corrected chi connectivity index (χ2v) is 20.3. The van der Waals surface area contributed by atoms with Crippen LogP contribution in [-0.4, -0.2) is 54.1 Å². The number of nitrogens with one attached hydrogen (secondary N) is 1. The second-order valence-electron chi connectivity index (χ2n) is 19.1. The number of hydrogen-bond donors (Lipinski definition) is 1. The van der Waals surface area contributed by atoms with Crippen molar-refractivity contribution in [2.75, 3.05) is 37.7 Å². The van der Waals surface area contributed by atoms with Crippen molar-refractivity contribution in [3.63, 3.8) is 0 Å². The van der Waals surface area contributed by atoms with E-state index < -0.39 is 0 Å². The molecule has 0 amide bonds. The van der Waals surface area contributed by atoms with Crippen LogP contribution in [0.4, 0.5) is 0 Å². The number of fused-ring (bicyclic) bond motifs is 7. The maximum absolute atomic E-state index is 13.0. The average Bonchev–Trinajstić information content (AvgIpc) is 3.39. The van der Waals surface area contributed by atoms with Gasteiger partial charge in [0.15, 0.2) is 0 Å². The number of esters is 1. The molecule has 280 valence electrons. The van der Waals surface area contributed by atoms with Crippen LogP contribution in [0.25, 0.3) is 0 Å². The Balaban J connectivity index is 0.932. The van der Waals surface area contributed by atoms with Crippen molar-refractivity contribution in [3.05, 3.63) is 59.2 Å². The minimum Gasteiger partial charge on any atom is -0.461 e. The summed E-state index contributed by atoms with van der Waals surface area (Å²) in [5.74, 6) is 6.57. The molecule has 1 saturated heterocycles. The lowest BCUT2D eigenvalue weighted by Crippen LogP contribution is -2.67. The van der Waals surface area contributed by atoms with E-state index in [0.717, 1.165) is 48.5 Å². The molecule has 0 aromatic heterocycles. The third-order valence-corrected chi connectivity index (χ3v) is 18.2. The molecule has 7 aliphatic rings. The van der Waals surface area contributed by atoms with Gasteiger partial charge in [-0.3, -0.25) is 4.79 Å². The Hall–Kier alpha value is -1.56. The van der Waals surface area contributed by atoms with Crippen LogP contribution >= 0.6 is 11.8 Å². The lowest BCUT2D eigenvalue weighted by atomic mass is 9.34. The predicted molar refractivity (Wildman–Crippen MR) is 212 cm³/mol. The lowest BCUT2D eigenvalue weighted by molar-refractivity contribution is -0.212. The van der Waals surface area contributed by atoms with Gasteiger partial charge in [0.2, 0.25) is 0 Å². The molecule has 4 nitrogen and oxygen atoms in total. The SMILES string of the molecule is CC1C(C2=CCC(C(=O)OCc3ccccc3)CC2)=CCC2(C)C1CCC1(C)C2CCC2[C@H]3CCCC3(NCCN3CCCSCC3)CC[C@]21C. The zero-order valence-electron chi connectivity index (χ0n) is 32.5. The molecule has 10 atom stereocenters. The van der Waals surface area contributed by atoms with Crippen LogP contribution < -0.4 is 5.32 Å². The number of ether oxygens (including phenoxy) is 1. The maximum Gasteiger partial charge on any atom is 0.309 e. The molecule has 1 aromatic rings. The molecule has 8 rings (SSSR count). The molecular formula is C46H68N2O2S. The van der Waals surface area contributed by atoms with E-state index in [9.17, 15) is 4.79 Å². The quantitative estimate of drug-likeness (QED) is 0.272. The summed E-state index contributed by atoms with van der Waals surface area (Å²) in [7, 11) is 0. The van der Waals surface area contributed by atoms with Crippen LogP contribution in [0.3, 0.4) is 0 Å². The Bertz CT molecular complexity index is 1470. The topological polar surface area (TPSA) is 41.6 Å². The monoisotopic (exact) mass is 713 g/mol. The molecule has 5 fully saturated rings. The Morgan fingerprint density at radius 3 is 2.57 bits per heavy atom. The van der Waals surface area contributed by atoms with Gasteiger partial charge in [0.05, 0.1) is 5.92 Å². The zero-order valence-corrected chi connectivity index (χ0v) is 33.3. The molecule has 5 heteroatoms. The molecule has 51 heavy (non-hydrogen) atoms. The van der Waals surface area contributed by atoms with Crippen molar-refractivity contribution in [1.29, 1.82) is 0 Å². The second kappa shape index (κ2) is 14.6. The molecule has 4 saturated carbocycles. The number of rotatable bonds is 8. The van der Waals surface area contributed by atoms with E-state index in [-0.39, 0.29) is 11.9 Å². The fourth-order valence-electron chi connectivity index (χ4n) is 14.2. The number of allylic oxidation sites excluding steroid dienone is 4. The zero-order chi connectivity index (χ0) is 35.3. The Kier molecular flexibility index (Phi) is 10.4. The summed E-state index contributed by atoms with van der Waals surface area (Å²) in [4.78, 5) is 15.7. The van der Waals surface area contributed by atoms with Crippen LogP contribution in [0.2, 0.25) is 0 Å². The van der Waals surface area contributed by atoms with Gasteiger partial charge in [-0.2, -0.15) is 11.8 Å². The van der Waals surface area contributed by atoms with Gasteiger partial charge in [-0.05, 0) is 158 Å². The van der Waals surface area contributed by atoms with E-state index in [1.54, 1.807) is 5.57 Å². The van der Waals surface area contributed by atoms with Crippen molar-refractivity contribution in [1.82, 2.24) is 10.2 Å². The highest BCUT2D eigenvalue weighted by atomic mass is 32.2. The van der Waals surface area contributed by atoms with Crippen LogP contribution in [0.15, 0.2) is 53.6 Å². The van der Waals surface area contributed by atoms with Gasteiger partial charge in [0.1, 0.15) is 6.61 Å². The van der Waals surface area contributed by atoms with Gasteiger partial charge >= 0.3 is 5.97 Å². The fourth-order valence-corrected chi connectivity index (χ4v) is 15.1. The highest BCUT2D eigenvalue weighted by Gasteiger charge is 2.68. The van der Waals surface area contributed by atoms with Crippen molar-refractivity contribution in [3.8, 4) is 0 Å². The van der Waals surface area contributed by atoms with E-state index in [4.69, 9.17) is 4.74 Å². The predicted octanol–water partition coefficient (Wildman–Crippen LogP) is 10.2. The van der Waals surface area contributed by atoms with E-state index in [2.05, 4.69) is 61.8 Å². The van der Waals surface area contributed by atoms with Crippen LogP contribution in [0, 0.1) is 51.8 Å². The van der Waals surface area contributed by atoms with Gasteiger partial charge in [-0.15, -0.1) is 0 Å². The Morgan fingerprint density at radius 2 is 1.75 bits per heavy atom. The summed E-state index contributed by atoms with van der Waals surface area (Å²) in [5, 5.41) is 4.33. The van der Waals surface area contributed by atoms with E-state index in [1.807, 2.05) is 30.3 Å². The van der Waals surface area contributed by atoms with Gasteiger partial charge in [-0.1, -0.05) is 76.6 Å². The minimum absolute atomic E-state index is 0.00344. The normalized spacial score (nSPS) is 42.7. The van der Waals surface area contributed by atoms with Gasteiger partial charge < -0.3 is 15.0 Å². The summed E-state index contributed by atoms with van der Waals surface area (Å²) < 4.78 is 5.74. The van der Waals surface area contributed by atoms with Crippen LogP contribution in [0.1, 0.15) is 123 Å². The molecule has 1 aliphatic heterocycles. The first kappa shape index (κ1) is 36.4. The molecule has 0 radical (unpaired) electrons. The van der Waals surface area contributed by atoms with Crippen LogP contribution in [-0.2, 0) is 16.1 Å². The maximum atomic E-state index is 13.0. The third kappa shape index (κ3) is 6.43. The summed E-state index contributed by atoms with van der Waals surface area (Å²) >= 11 is 2.15. The van der Waals surface area contributed by atoms with Gasteiger partial charge in [0, 0.05) is 30.9 Å². The van der Waals surface area contributed by atoms with Gasteiger partial charge in [0.25, 0.3) is 0 Å². The van der Waals surface area contributed by atoms with Gasteiger partial charge in [-0.25, -0.2) is 0 Å². The number of thioether (sulfide) groups is 1. The lowest BCUT2D eigenvalue weighted by Gasteiger charge is -2.71. The number of carbonyl (C=O) groups excluding carboxylic acids is 1. The Labute approximate surface area is 314 Å². The summed E-state index contributed by atoms with van der Waals surface area (Å²) in [5.41, 5.74) is 5.89. The number of nitrogens with zero attached hydrogens (tertiary/aromatic N) is 1. The smallest absolute Gasteiger partial charge is 0.309 e. The molecule has 8 unspecified atom stereocenters. The molecule has 0 spiro atoms. The molecular weight excluding hydrogens is 645 g/mol. The molecule has 0 bridgehead atoms. The number of hydrogen-bond acceptors (Lipinski definition) is 5. The van der Waals surface area contributed by atoms with Crippen molar-refractivity contribution < 1.29 is 9.53 Å². The number of benzene rings is 1. The summed E-state index contributed by atoms with van der Waals surface area (Å²) in [6.07, 6.45) is 23.3. The van der Waals surface area contributed by atoms with E-state index in [1.165, 1.54) is 114 Å². The largest absolute Gasteiger partial charge is 0.461 e. The highest BCUT2D eigenvalue weighted by molar-refractivity contribution is 7.99. The van der Waals surface area contributed by atoms with E-state index >= 15 is 0 Å². The molecule has 6 aliphatic carbocycles. The molecule has 1 N–H and O–H groups in total. The first-order chi connectivity index (χ1) is 24.7. The minimum atomic E-state index is -0.0246. The standard InChI is InChI=1S/C46H68N2O2S/c1-33-37(35-13-15-36(16-14-35)42(49)50-32-34-10-6-5-7-11-34)19-22-43(2)38(33)20-23-45(4)41(43)18-17-39-40-12-8-21-46(40,25-24-44(39,45)3)47-26-28-48-27-9-30-51-31-29-48/h5-7,10-11,13,19,33,36,38-41,47H,8-9,12,14-18,20-32H2,1-4H3/t33?,36?,38?,39?,40-,41?,43?,44-,45?,46?/m1/s1. The van der Waals surface area contributed by atoms with E-state index in [0.29, 0.717) is 34.3 Å². The first-order valence-corrected chi connectivity index (χ1v) is 22.5. The van der Waals surface area contributed by atoms with Crippen molar-refractivity contribution in [2.24, 2.45) is 51.8 Å². The first-order valence-electron chi connectivity index (χ1n) is 21.3. The highest BCUT2D eigenvalue weighted by Crippen LogP contribution is 2.75. The average molecular weight is 713 g/mol. The third-order valence-electron chi connectivity index (χ3n) is 17.1. The molecule has 1 aromatic carbocycles. The van der Waals surface area contributed by atoms with Crippen LogP contribution in [0.5, 0.6) is 0 Å². The fraction of sp³-hybridized carbons (Fsp3) is 0.761.